The highest BCUT2D eigenvalue weighted by molar-refractivity contribution is 5.80. The van der Waals surface area contributed by atoms with E-state index >= 15 is 0 Å². The topological polar surface area (TPSA) is 35.9 Å². The normalized spacial score (nSPS) is 19.1. The molecule has 0 saturated heterocycles. The highest BCUT2D eigenvalue weighted by Crippen LogP contribution is 1.96. The summed E-state index contributed by atoms with van der Waals surface area (Å²) in [6.07, 6.45) is 1.70. The van der Waals surface area contributed by atoms with Crippen LogP contribution in [0.3, 0.4) is 0 Å². The van der Waals surface area contributed by atoms with Gasteiger partial charge in [0.2, 0.25) is 0 Å². The molecule has 0 bridgehead atoms. The van der Waals surface area contributed by atoms with Crippen molar-refractivity contribution in [3.63, 3.8) is 0 Å². The molecule has 0 aliphatic carbocycles. The van der Waals surface area contributed by atoms with E-state index < -0.39 is 0 Å². The maximum absolute atomic E-state index is 10.9. The molecule has 0 radical (unpaired) electrons. The zero-order valence-corrected chi connectivity index (χ0v) is 5.53. The fourth-order valence-electron chi connectivity index (χ4n) is 0.656. The van der Waals surface area contributed by atoms with Crippen molar-refractivity contribution in [1.29, 1.82) is 0 Å². The van der Waals surface area contributed by atoms with Crippen LogP contribution in [0.25, 0.3) is 0 Å². The number of hydrogen-bond donors (Lipinski definition) is 0. The third kappa shape index (κ3) is 1.01. The lowest BCUT2D eigenvalue weighted by Crippen LogP contribution is -2.40. The van der Waals surface area contributed by atoms with Crippen LogP contribution in [-0.2, 0) is 0 Å². The molecule has 0 aromatic heterocycles. The largest absolute Gasteiger partial charge is 0.340 e. The van der Waals surface area contributed by atoms with Gasteiger partial charge in [0.05, 0.1) is 6.54 Å². The maximum Gasteiger partial charge on any atom is 0.340 e. The van der Waals surface area contributed by atoms with E-state index in [1.807, 2.05) is 0 Å². The van der Waals surface area contributed by atoms with Crippen molar-refractivity contribution in [1.82, 2.24) is 9.91 Å². The number of hydrazone groups is 1. The van der Waals surface area contributed by atoms with E-state index in [0.717, 1.165) is 0 Å². The maximum atomic E-state index is 10.9. The Balaban J connectivity index is 2.69. The van der Waals surface area contributed by atoms with Crippen molar-refractivity contribution in [2.24, 2.45) is 5.10 Å². The fourth-order valence-corrected chi connectivity index (χ4v) is 0.656. The third-order valence-electron chi connectivity index (χ3n) is 1.21. The second-order valence-electron chi connectivity index (χ2n) is 1.98. The number of carbonyl (C=O) groups is 1. The van der Waals surface area contributed by atoms with Crippen LogP contribution in [0.1, 0.15) is 0 Å². The summed E-state index contributed by atoms with van der Waals surface area (Å²) >= 11 is 0. The average Bonchev–Trinajstić information content (AvgIpc) is 1.83. The Morgan fingerprint density at radius 3 is 2.78 bits per heavy atom. The van der Waals surface area contributed by atoms with Gasteiger partial charge in [-0.15, -0.1) is 0 Å². The van der Waals surface area contributed by atoms with E-state index in [-0.39, 0.29) is 6.03 Å². The Morgan fingerprint density at radius 1 is 1.67 bits per heavy atom. The molecule has 0 spiro atoms. The smallest absolute Gasteiger partial charge is 0.321 e. The quantitative estimate of drug-likeness (QED) is 0.450. The van der Waals surface area contributed by atoms with Gasteiger partial charge in [-0.3, -0.25) is 0 Å². The first-order valence-corrected chi connectivity index (χ1v) is 2.73. The first-order chi connectivity index (χ1) is 4.22. The molecule has 1 aliphatic rings. The molecule has 0 aromatic rings. The molecular formula is C5H9N3O. The van der Waals surface area contributed by atoms with Crippen molar-refractivity contribution in [2.45, 2.75) is 0 Å². The molecule has 1 aliphatic heterocycles. The molecule has 0 fully saturated rings. The van der Waals surface area contributed by atoms with E-state index in [1.54, 1.807) is 25.2 Å². The van der Waals surface area contributed by atoms with Gasteiger partial charge in [0.25, 0.3) is 0 Å². The summed E-state index contributed by atoms with van der Waals surface area (Å²) in [4.78, 5) is 12.5. The predicted octanol–water partition coefficient (Wildman–Crippen LogP) is -0.0306. The summed E-state index contributed by atoms with van der Waals surface area (Å²) in [6, 6.07) is -0.0579. The van der Waals surface area contributed by atoms with E-state index in [4.69, 9.17) is 0 Å². The minimum Gasteiger partial charge on any atom is -0.321 e. The van der Waals surface area contributed by atoms with Gasteiger partial charge in [0, 0.05) is 20.3 Å². The van der Waals surface area contributed by atoms with Crippen molar-refractivity contribution in [3.8, 4) is 0 Å². The van der Waals surface area contributed by atoms with Crippen molar-refractivity contribution in [2.75, 3.05) is 20.6 Å². The third-order valence-corrected chi connectivity index (χ3v) is 1.21. The number of carbonyl (C=O) groups excluding carboxylic acids is 1. The van der Waals surface area contributed by atoms with Gasteiger partial charge in [0.1, 0.15) is 0 Å². The average molecular weight is 127 g/mol. The van der Waals surface area contributed by atoms with Crippen LogP contribution >= 0.6 is 0 Å². The van der Waals surface area contributed by atoms with Gasteiger partial charge in [-0.2, -0.15) is 5.10 Å². The number of amides is 2. The molecule has 0 unspecified atom stereocenters. The van der Waals surface area contributed by atoms with Crippen LogP contribution in [0.2, 0.25) is 0 Å². The lowest BCUT2D eigenvalue weighted by Gasteiger charge is -2.23. The number of nitrogens with zero attached hydrogens (tertiary/aromatic N) is 3. The Bertz CT molecular complexity index is 154. The second-order valence-corrected chi connectivity index (χ2v) is 1.98. The highest BCUT2D eigenvalue weighted by Gasteiger charge is 2.14. The zero-order valence-electron chi connectivity index (χ0n) is 5.53. The molecule has 0 aromatic carbocycles. The summed E-state index contributed by atoms with van der Waals surface area (Å²) in [5, 5.41) is 5.09. The molecule has 1 heterocycles. The highest BCUT2D eigenvalue weighted by atomic mass is 16.2. The van der Waals surface area contributed by atoms with E-state index in [2.05, 4.69) is 5.10 Å². The van der Waals surface area contributed by atoms with Crippen LogP contribution in [-0.4, -0.2) is 42.8 Å². The summed E-state index contributed by atoms with van der Waals surface area (Å²) in [7, 11) is 3.37. The minimum atomic E-state index is -0.0579. The van der Waals surface area contributed by atoms with Crippen LogP contribution in [0, 0.1) is 0 Å². The molecule has 2 amide bonds. The second kappa shape index (κ2) is 2.05. The molecule has 50 valence electrons. The molecule has 0 N–H and O–H groups in total. The Morgan fingerprint density at radius 2 is 2.33 bits per heavy atom. The molecule has 4 heteroatoms. The van der Waals surface area contributed by atoms with E-state index in [0.29, 0.717) is 6.54 Å². The lowest BCUT2D eigenvalue weighted by atomic mass is 10.6. The summed E-state index contributed by atoms with van der Waals surface area (Å²) < 4.78 is 0. The first kappa shape index (κ1) is 6.07. The first-order valence-electron chi connectivity index (χ1n) is 2.73. The van der Waals surface area contributed by atoms with Crippen molar-refractivity contribution >= 4 is 12.2 Å². The Kier molecular flexibility index (Phi) is 1.38. The lowest BCUT2D eigenvalue weighted by molar-refractivity contribution is 0.176. The van der Waals surface area contributed by atoms with Gasteiger partial charge >= 0.3 is 6.03 Å². The number of hydrogen-bond acceptors (Lipinski definition) is 2. The Hall–Kier alpha value is -1.06. The van der Waals surface area contributed by atoms with Crippen molar-refractivity contribution in [3.05, 3.63) is 0 Å². The molecule has 9 heavy (non-hydrogen) atoms. The van der Waals surface area contributed by atoms with Crippen LogP contribution in [0.4, 0.5) is 4.79 Å². The zero-order chi connectivity index (χ0) is 6.85. The van der Waals surface area contributed by atoms with E-state index in [1.165, 1.54) is 5.01 Å². The molecule has 0 atom stereocenters. The summed E-state index contributed by atoms with van der Waals surface area (Å²) in [6.45, 7) is 0.614. The number of rotatable bonds is 0. The van der Waals surface area contributed by atoms with Gasteiger partial charge in [-0.1, -0.05) is 0 Å². The van der Waals surface area contributed by atoms with E-state index in [9.17, 15) is 4.79 Å². The van der Waals surface area contributed by atoms with Crippen molar-refractivity contribution < 1.29 is 4.79 Å². The van der Waals surface area contributed by atoms with Crippen LogP contribution in [0.5, 0.6) is 0 Å². The van der Waals surface area contributed by atoms with Gasteiger partial charge in [-0.05, 0) is 0 Å². The fraction of sp³-hybridized carbons (Fsp3) is 0.600. The summed E-state index contributed by atoms with van der Waals surface area (Å²) in [5.41, 5.74) is 0. The molecule has 4 nitrogen and oxygen atoms in total. The van der Waals surface area contributed by atoms with Crippen LogP contribution in [0.15, 0.2) is 5.10 Å². The Labute approximate surface area is 53.7 Å². The van der Waals surface area contributed by atoms with Crippen LogP contribution < -0.4 is 0 Å². The van der Waals surface area contributed by atoms with Gasteiger partial charge in [-0.25, -0.2) is 9.80 Å². The molecule has 1 rings (SSSR count). The molecular weight excluding hydrogens is 118 g/mol. The minimum absolute atomic E-state index is 0.0579. The predicted molar refractivity (Wildman–Crippen MR) is 34.3 cm³/mol. The van der Waals surface area contributed by atoms with Gasteiger partial charge in [0.15, 0.2) is 0 Å². The summed E-state index contributed by atoms with van der Waals surface area (Å²) in [5.74, 6) is 0. The molecule has 0 saturated carbocycles. The SMILES string of the molecule is CN1CC=NN(C)C1=O. The van der Waals surface area contributed by atoms with Gasteiger partial charge < -0.3 is 4.90 Å². The monoisotopic (exact) mass is 127 g/mol. The standard InChI is InChI=1S/C5H9N3O/c1-7-4-3-6-8(2)5(7)9/h3H,4H2,1-2H3. The number of urea groups is 1.